The molecule has 0 spiro atoms. The maximum absolute atomic E-state index is 12.5. The summed E-state index contributed by atoms with van der Waals surface area (Å²) in [4.78, 5) is 27.6. The van der Waals surface area contributed by atoms with E-state index in [0.717, 1.165) is 37.2 Å². The molecule has 0 saturated carbocycles. The van der Waals surface area contributed by atoms with Crippen molar-refractivity contribution in [1.82, 2.24) is 10.2 Å². The minimum atomic E-state index is 0.0265. The van der Waals surface area contributed by atoms with Gasteiger partial charge < -0.3 is 15.1 Å². The maximum Gasteiger partial charge on any atom is 0.255 e. The monoisotopic (exact) mass is 303 g/mol. The second kappa shape index (κ2) is 7.29. The number of nitrogens with one attached hydrogen (secondary N) is 1. The molecule has 1 saturated heterocycles. The van der Waals surface area contributed by atoms with E-state index >= 15 is 0 Å². The zero-order valence-electron chi connectivity index (χ0n) is 13.6. The number of carbonyl (C=O) groups excluding carboxylic acids is 2. The number of nitrogens with zero attached hydrogens (tertiary/aromatic N) is 2. The van der Waals surface area contributed by atoms with Gasteiger partial charge in [-0.25, -0.2) is 0 Å². The van der Waals surface area contributed by atoms with Gasteiger partial charge in [0, 0.05) is 45.3 Å². The molecule has 0 aromatic heterocycles. The molecule has 0 atom stereocenters. The zero-order chi connectivity index (χ0) is 16.1. The molecule has 1 aliphatic rings. The Morgan fingerprint density at radius 2 is 1.91 bits per heavy atom. The average Bonchev–Trinajstić information content (AvgIpc) is 2.53. The summed E-state index contributed by atoms with van der Waals surface area (Å²) in [5.74, 6) is 0.0840. The van der Waals surface area contributed by atoms with Crippen molar-refractivity contribution >= 4 is 17.5 Å². The largest absolute Gasteiger partial charge is 0.371 e. The van der Waals surface area contributed by atoms with E-state index in [0.29, 0.717) is 6.54 Å². The van der Waals surface area contributed by atoms with Crippen LogP contribution in [0.2, 0.25) is 0 Å². The van der Waals surface area contributed by atoms with Gasteiger partial charge in [0.2, 0.25) is 5.91 Å². The summed E-state index contributed by atoms with van der Waals surface area (Å²) < 4.78 is 0. The quantitative estimate of drug-likeness (QED) is 0.924. The Morgan fingerprint density at radius 1 is 1.27 bits per heavy atom. The van der Waals surface area contributed by atoms with Crippen LogP contribution >= 0.6 is 0 Å². The number of piperidine rings is 1. The lowest BCUT2D eigenvalue weighted by atomic mass is 10.0. The van der Waals surface area contributed by atoms with E-state index in [4.69, 9.17) is 0 Å². The summed E-state index contributed by atoms with van der Waals surface area (Å²) in [5.41, 5.74) is 1.75. The normalized spacial score (nSPS) is 15.5. The van der Waals surface area contributed by atoms with Gasteiger partial charge in [-0.15, -0.1) is 0 Å². The molecular weight excluding hydrogens is 278 g/mol. The first-order chi connectivity index (χ1) is 10.5. The van der Waals surface area contributed by atoms with Crippen molar-refractivity contribution in [3.8, 4) is 0 Å². The lowest BCUT2D eigenvalue weighted by Gasteiger charge is -2.35. The lowest BCUT2D eigenvalue weighted by Crippen LogP contribution is -2.44. The Morgan fingerprint density at radius 3 is 2.50 bits per heavy atom. The van der Waals surface area contributed by atoms with E-state index in [2.05, 4.69) is 10.2 Å². The van der Waals surface area contributed by atoms with Gasteiger partial charge in [-0.1, -0.05) is 12.1 Å². The van der Waals surface area contributed by atoms with Gasteiger partial charge >= 0.3 is 0 Å². The third kappa shape index (κ3) is 3.78. The summed E-state index contributed by atoms with van der Waals surface area (Å²) in [6, 6.07) is 8.02. The number of para-hydroxylation sites is 1. The molecule has 0 aliphatic carbocycles. The van der Waals surface area contributed by atoms with Gasteiger partial charge in [0.05, 0.1) is 5.56 Å². The zero-order valence-corrected chi connectivity index (χ0v) is 13.6. The van der Waals surface area contributed by atoms with Crippen LogP contribution in [-0.4, -0.2) is 49.4 Å². The van der Waals surface area contributed by atoms with Crippen LogP contribution < -0.4 is 10.2 Å². The molecule has 0 radical (unpaired) electrons. The summed E-state index contributed by atoms with van der Waals surface area (Å²) in [6.45, 7) is 5.92. The van der Waals surface area contributed by atoms with Gasteiger partial charge in [-0.2, -0.15) is 0 Å². The molecule has 120 valence electrons. The van der Waals surface area contributed by atoms with E-state index in [9.17, 15) is 9.59 Å². The second-order valence-electron chi connectivity index (χ2n) is 5.80. The summed E-state index contributed by atoms with van der Waals surface area (Å²) in [7, 11) is 1.82. The van der Waals surface area contributed by atoms with Crippen molar-refractivity contribution in [1.29, 1.82) is 0 Å². The topological polar surface area (TPSA) is 52.7 Å². The number of anilines is 1. The van der Waals surface area contributed by atoms with E-state index in [-0.39, 0.29) is 17.9 Å². The Balaban J connectivity index is 2.11. The van der Waals surface area contributed by atoms with Crippen molar-refractivity contribution in [2.75, 3.05) is 31.6 Å². The van der Waals surface area contributed by atoms with Gasteiger partial charge in [-0.3, -0.25) is 9.59 Å². The molecule has 5 heteroatoms. The van der Waals surface area contributed by atoms with Gasteiger partial charge in [0.15, 0.2) is 0 Å². The first kappa shape index (κ1) is 16.3. The van der Waals surface area contributed by atoms with Crippen LogP contribution in [-0.2, 0) is 4.79 Å². The van der Waals surface area contributed by atoms with Crippen LogP contribution in [0.1, 0.15) is 37.0 Å². The maximum atomic E-state index is 12.5. The minimum Gasteiger partial charge on any atom is -0.371 e. The fraction of sp³-hybridized carbons (Fsp3) is 0.529. The van der Waals surface area contributed by atoms with Crippen LogP contribution in [0.15, 0.2) is 24.3 Å². The van der Waals surface area contributed by atoms with Crippen molar-refractivity contribution in [2.45, 2.75) is 32.7 Å². The number of carbonyl (C=O) groups is 2. The first-order valence-electron chi connectivity index (χ1n) is 7.89. The third-order valence-electron chi connectivity index (χ3n) is 4.20. The second-order valence-corrected chi connectivity index (χ2v) is 5.80. The van der Waals surface area contributed by atoms with Crippen molar-refractivity contribution in [2.24, 2.45) is 0 Å². The molecule has 1 aromatic carbocycles. The molecule has 5 nitrogen and oxygen atoms in total. The van der Waals surface area contributed by atoms with E-state index < -0.39 is 0 Å². The summed E-state index contributed by atoms with van der Waals surface area (Å²) in [5, 5.41) is 2.98. The van der Waals surface area contributed by atoms with Gasteiger partial charge in [0.25, 0.3) is 5.91 Å². The lowest BCUT2D eigenvalue weighted by molar-refractivity contribution is -0.119. The molecule has 1 heterocycles. The van der Waals surface area contributed by atoms with Gasteiger partial charge in [0.1, 0.15) is 0 Å². The predicted molar refractivity (Wildman–Crippen MR) is 88.1 cm³/mol. The standard InChI is InChI=1S/C17H25N3O2/c1-4-19(3)17(22)15-7-5-6-8-16(15)20-11-9-14(10-12-20)18-13(2)21/h5-8,14H,4,9-12H2,1-3H3,(H,18,21). The SMILES string of the molecule is CCN(C)C(=O)c1ccccc1N1CCC(NC(C)=O)CC1. The highest BCUT2D eigenvalue weighted by Crippen LogP contribution is 2.25. The van der Waals surface area contributed by atoms with Gasteiger partial charge in [-0.05, 0) is 31.9 Å². The predicted octanol–water partition coefficient (Wildman–Crippen LogP) is 1.88. The van der Waals surface area contributed by atoms with Crippen LogP contribution in [0.25, 0.3) is 0 Å². The Bertz CT molecular complexity index is 536. The Kier molecular flexibility index (Phi) is 5.41. The van der Waals surface area contributed by atoms with Crippen LogP contribution in [0.3, 0.4) is 0 Å². The number of benzene rings is 1. The van der Waals surface area contributed by atoms with Crippen LogP contribution in [0.5, 0.6) is 0 Å². The molecule has 22 heavy (non-hydrogen) atoms. The van der Waals surface area contributed by atoms with E-state index in [1.165, 1.54) is 0 Å². The van der Waals surface area contributed by atoms with Crippen molar-refractivity contribution in [3.63, 3.8) is 0 Å². The smallest absolute Gasteiger partial charge is 0.255 e. The van der Waals surface area contributed by atoms with E-state index in [1.54, 1.807) is 11.8 Å². The van der Waals surface area contributed by atoms with Crippen LogP contribution in [0.4, 0.5) is 5.69 Å². The molecule has 0 bridgehead atoms. The highest BCUT2D eigenvalue weighted by molar-refractivity contribution is 5.99. The Labute approximate surface area is 132 Å². The highest BCUT2D eigenvalue weighted by atomic mass is 16.2. The molecular formula is C17H25N3O2. The fourth-order valence-corrected chi connectivity index (χ4v) is 2.83. The van der Waals surface area contributed by atoms with Crippen LogP contribution in [0, 0.1) is 0 Å². The molecule has 1 N–H and O–H groups in total. The molecule has 2 rings (SSSR count). The Hall–Kier alpha value is -2.04. The van der Waals surface area contributed by atoms with Crippen molar-refractivity contribution in [3.05, 3.63) is 29.8 Å². The molecule has 1 aliphatic heterocycles. The number of amides is 2. The number of rotatable bonds is 4. The fourth-order valence-electron chi connectivity index (χ4n) is 2.83. The number of hydrogen-bond acceptors (Lipinski definition) is 3. The summed E-state index contributed by atoms with van der Waals surface area (Å²) >= 11 is 0. The molecule has 1 aromatic rings. The first-order valence-corrected chi connectivity index (χ1v) is 7.89. The van der Waals surface area contributed by atoms with Crippen molar-refractivity contribution < 1.29 is 9.59 Å². The number of hydrogen-bond donors (Lipinski definition) is 1. The minimum absolute atomic E-state index is 0.0265. The summed E-state index contributed by atoms with van der Waals surface area (Å²) in [6.07, 6.45) is 1.82. The molecule has 1 fully saturated rings. The third-order valence-corrected chi connectivity index (χ3v) is 4.20. The molecule has 0 unspecified atom stereocenters. The van der Waals surface area contributed by atoms with E-state index in [1.807, 2.05) is 38.2 Å². The highest BCUT2D eigenvalue weighted by Gasteiger charge is 2.23. The average molecular weight is 303 g/mol. The molecule has 2 amide bonds.